The Morgan fingerprint density at radius 1 is 1.46 bits per heavy atom. The van der Waals surface area contributed by atoms with Crippen molar-refractivity contribution in [1.82, 2.24) is 4.72 Å². The third-order valence-electron chi connectivity index (χ3n) is 1.37. The van der Waals surface area contributed by atoms with Gasteiger partial charge in [0.15, 0.2) is 10.3 Å². The van der Waals surface area contributed by atoms with Gasteiger partial charge < -0.3 is 14.0 Å². The first-order chi connectivity index (χ1) is 5.58. The van der Waals surface area contributed by atoms with E-state index < -0.39 is 10.3 Å². The molecule has 0 aromatic carbocycles. The van der Waals surface area contributed by atoms with Crippen LogP contribution >= 0.6 is 0 Å². The van der Waals surface area contributed by atoms with E-state index in [1.165, 1.54) is 0 Å². The number of rotatable bonds is 3. The van der Waals surface area contributed by atoms with Gasteiger partial charge in [-0.25, -0.2) is 13.1 Å². The summed E-state index contributed by atoms with van der Waals surface area (Å²) in [7, 11) is -4.36. The molecule has 6 nitrogen and oxygen atoms in total. The second-order valence-electron chi connectivity index (χ2n) is 2.37. The van der Waals surface area contributed by atoms with Crippen LogP contribution in [0, 0.1) is 0 Å². The molecule has 1 fully saturated rings. The minimum Gasteiger partial charge on any atom is -0.735 e. The largest absolute Gasteiger partial charge is 1.00 e. The fourth-order valence-corrected chi connectivity index (χ4v) is 1.24. The third kappa shape index (κ3) is 7.37. The number of hydrogen-bond donors (Lipinski definition) is 1. The van der Waals surface area contributed by atoms with Crippen LogP contribution in [0.5, 0.6) is 0 Å². The molecule has 0 saturated carbocycles. The Kier molecular flexibility index (Phi) is 7.58. The molecule has 72 valence electrons. The average Bonchev–Trinajstić information content (AvgIpc) is 2.02. The van der Waals surface area contributed by atoms with E-state index in [4.69, 9.17) is 9.47 Å². The monoisotopic (exact) mass is 235 g/mol. The van der Waals surface area contributed by atoms with Gasteiger partial charge in [-0.15, -0.1) is 0 Å². The molecule has 13 heavy (non-hydrogen) atoms. The van der Waals surface area contributed by atoms with Gasteiger partial charge in [-0.2, -0.15) is 0 Å². The number of nitrogens with one attached hydrogen (secondary N) is 1. The van der Waals surface area contributed by atoms with Crippen LogP contribution in [-0.4, -0.2) is 45.4 Å². The van der Waals surface area contributed by atoms with Gasteiger partial charge in [0.2, 0.25) is 0 Å². The van der Waals surface area contributed by atoms with Crippen molar-refractivity contribution in [3.63, 3.8) is 0 Å². The predicted molar refractivity (Wildman–Crippen MR) is 38.3 cm³/mol. The summed E-state index contributed by atoms with van der Waals surface area (Å²) in [6.07, 6.45) is -0.345. The van der Waals surface area contributed by atoms with Crippen LogP contribution in [0.1, 0.15) is 0 Å². The Morgan fingerprint density at radius 2 is 2.15 bits per heavy atom. The molecule has 1 N–H and O–H groups in total. The Morgan fingerprint density at radius 3 is 2.62 bits per heavy atom. The fourth-order valence-electron chi connectivity index (χ4n) is 0.849. The van der Waals surface area contributed by atoms with Crippen molar-refractivity contribution in [3.8, 4) is 0 Å². The van der Waals surface area contributed by atoms with Crippen molar-refractivity contribution in [3.05, 3.63) is 0 Å². The van der Waals surface area contributed by atoms with E-state index in [2.05, 4.69) is 0 Å². The van der Waals surface area contributed by atoms with E-state index in [9.17, 15) is 13.0 Å². The quantitative estimate of drug-likeness (QED) is 0.393. The zero-order valence-electron chi connectivity index (χ0n) is 7.36. The molecule has 0 aromatic heterocycles. The van der Waals surface area contributed by atoms with Gasteiger partial charge in [-0.05, 0) is 0 Å². The van der Waals surface area contributed by atoms with Crippen LogP contribution in [0.25, 0.3) is 0 Å². The van der Waals surface area contributed by atoms with Gasteiger partial charge in [-0.3, -0.25) is 0 Å². The SMILES string of the molecule is O=S(=O)([O-])NCC1COCCO1.[K+]. The third-order valence-corrected chi connectivity index (χ3v) is 1.89. The van der Waals surface area contributed by atoms with Gasteiger partial charge in [0.25, 0.3) is 0 Å². The average molecular weight is 235 g/mol. The molecule has 0 spiro atoms. The first-order valence-electron chi connectivity index (χ1n) is 3.48. The molecule has 1 aliphatic heterocycles. The molecule has 1 aliphatic rings. The molecular weight excluding hydrogens is 225 g/mol. The van der Waals surface area contributed by atoms with Crippen LogP contribution < -0.4 is 56.1 Å². The van der Waals surface area contributed by atoms with E-state index in [1.54, 1.807) is 4.72 Å². The van der Waals surface area contributed by atoms with E-state index in [-0.39, 0.29) is 64.0 Å². The Labute approximate surface area is 120 Å². The molecule has 1 heterocycles. The molecule has 0 aliphatic carbocycles. The Balaban J connectivity index is 0.00000144. The second-order valence-corrected chi connectivity index (χ2v) is 3.57. The zero-order valence-corrected chi connectivity index (χ0v) is 11.3. The predicted octanol–water partition coefficient (Wildman–Crippen LogP) is -4.54. The maximum absolute atomic E-state index is 10.1. The van der Waals surface area contributed by atoms with E-state index >= 15 is 0 Å². The molecule has 0 bridgehead atoms. The van der Waals surface area contributed by atoms with Crippen molar-refractivity contribution >= 4 is 10.3 Å². The van der Waals surface area contributed by atoms with Crippen molar-refractivity contribution < 1.29 is 73.8 Å². The summed E-state index contributed by atoms with van der Waals surface area (Å²) in [6, 6.07) is 0. The standard InChI is InChI=1S/C5H11NO5S.K/c7-12(8,9)6-3-5-4-10-1-2-11-5;/h5-6H,1-4H2,(H,7,8,9);/q;+1/p-1. The molecule has 8 heteroatoms. The minimum absolute atomic E-state index is 0. The first-order valence-corrected chi connectivity index (χ1v) is 4.88. The zero-order chi connectivity index (χ0) is 9.03. The summed E-state index contributed by atoms with van der Waals surface area (Å²) < 4.78 is 42.2. The van der Waals surface area contributed by atoms with Gasteiger partial charge in [0, 0.05) is 6.54 Å². The summed E-state index contributed by atoms with van der Waals surface area (Å²) >= 11 is 0. The summed E-state index contributed by atoms with van der Waals surface area (Å²) in [5.41, 5.74) is 0. The van der Waals surface area contributed by atoms with Crippen LogP contribution in [0.3, 0.4) is 0 Å². The van der Waals surface area contributed by atoms with Crippen molar-refractivity contribution in [2.75, 3.05) is 26.4 Å². The van der Waals surface area contributed by atoms with Gasteiger partial charge in [0.1, 0.15) is 0 Å². The van der Waals surface area contributed by atoms with Crippen molar-refractivity contribution in [2.45, 2.75) is 6.10 Å². The second kappa shape index (κ2) is 6.83. The van der Waals surface area contributed by atoms with Crippen LogP contribution in [0.15, 0.2) is 0 Å². The molecule has 1 rings (SSSR count). The number of hydrogen-bond acceptors (Lipinski definition) is 5. The van der Waals surface area contributed by atoms with E-state index in [1.807, 2.05) is 0 Å². The maximum Gasteiger partial charge on any atom is 1.00 e. The van der Waals surface area contributed by atoms with Crippen molar-refractivity contribution in [2.24, 2.45) is 0 Å². The first kappa shape index (κ1) is 14.4. The van der Waals surface area contributed by atoms with Gasteiger partial charge in [0.05, 0.1) is 25.9 Å². The van der Waals surface area contributed by atoms with Gasteiger partial charge >= 0.3 is 51.4 Å². The van der Waals surface area contributed by atoms with E-state index in [0.29, 0.717) is 19.8 Å². The number of ether oxygens (including phenoxy) is 2. The molecule has 0 radical (unpaired) electrons. The molecular formula is C5H10KNO5S. The van der Waals surface area contributed by atoms with Crippen molar-refractivity contribution in [1.29, 1.82) is 0 Å². The van der Waals surface area contributed by atoms with Crippen LogP contribution in [0.4, 0.5) is 0 Å². The Bertz CT molecular complexity index is 225. The fraction of sp³-hybridized carbons (Fsp3) is 1.00. The molecule has 1 saturated heterocycles. The molecule has 1 atom stereocenters. The summed E-state index contributed by atoms with van der Waals surface area (Å²) in [5, 5.41) is 0. The maximum atomic E-state index is 10.1. The Hall–Kier alpha value is 1.43. The minimum atomic E-state index is -4.36. The van der Waals surface area contributed by atoms with Crippen LogP contribution in [-0.2, 0) is 19.8 Å². The summed E-state index contributed by atoms with van der Waals surface area (Å²) in [4.78, 5) is 0. The smallest absolute Gasteiger partial charge is 0.735 e. The summed E-state index contributed by atoms with van der Waals surface area (Å²) in [5.74, 6) is 0. The molecule has 0 amide bonds. The topological polar surface area (TPSA) is 87.7 Å². The van der Waals surface area contributed by atoms with Crippen LogP contribution in [0.2, 0.25) is 0 Å². The van der Waals surface area contributed by atoms with E-state index in [0.717, 1.165) is 0 Å². The summed E-state index contributed by atoms with van der Waals surface area (Å²) in [6.45, 7) is 1.25. The molecule has 0 aromatic rings. The van der Waals surface area contributed by atoms with Gasteiger partial charge in [-0.1, -0.05) is 0 Å². The molecule has 1 unspecified atom stereocenters. The normalized spacial score (nSPS) is 23.6.